The summed E-state index contributed by atoms with van der Waals surface area (Å²) >= 11 is 6.93. The zero-order valence-corrected chi connectivity index (χ0v) is 16.4. The molecule has 0 amide bonds. The van der Waals surface area contributed by atoms with Crippen LogP contribution in [-0.4, -0.2) is 42.4 Å². The van der Waals surface area contributed by atoms with E-state index in [-0.39, 0.29) is 0 Å². The Morgan fingerprint density at radius 1 is 1.19 bits per heavy atom. The second-order valence-electron chi connectivity index (χ2n) is 5.29. The van der Waals surface area contributed by atoms with Crippen LogP contribution >= 0.6 is 23.6 Å². The lowest BCUT2D eigenvalue weighted by Crippen LogP contribution is -1.99. The van der Waals surface area contributed by atoms with E-state index in [2.05, 4.69) is 15.3 Å². The van der Waals surface area contributed by atoms with Gasteiger partial charge in [-0.1, -0.05) is 0 Å². The number of rotatable bonds is 6. The number of aryl methyl sites for hydroxylation is 1. The van der Waals surface area contributed by atoms with Crippen LogP contribution in [0.4, 0.5) is 0 Å². The van der Waals surface area contributed by atoms with Crippen molar-refractivity contribution in [3.8, 4) is 28.6 Å². The molecule has 9 heteroatoms. The highest BCUT2D eigenvalue weighted by atomic mass is 32.1. The minimum Gasteiger partial charge on any atom is -0.493 e. The second kappa shape index (κ2) is 7.71. The number of H-pyrrole nitrogens is 1. The number of aromatic nitrogens is 3. The molecule has 136 valence electrons. The molecule has 1 N–H and O–H groups in total. The first-order valence-corrected chi connectivity index (χ1v) is 8.94. The first-order valence-electron chi connectivity index (χ1n) is 7.65. The largest absolute Gasteiger partial charge is 0.493 e. The molecule has 2 heterocycles. The lowest BCUT2D eigenvalue weighted by atomic mass is 10.1. The maximum Gasteiger partial charge on any atom is 0.216 e. The molecule has 0 radical (unpaired) electrons. The summed E-state index contributed by atoms with van der Waals surface area (Å²) in [6.45, 7) is 2.03. The van der Waals surface area contributed by atoms with Crippen LogP contribution < -0.4 is 14.2 Å². The van der Waals surface area contributed by atoms with Gasteiger partial charge in [-0.25, -0.2) is 5.10 Å². The predicted octanol–water partition coefficient (Wildman–Crippen LogP) is 3.89. The summed E-state index contributed by atoms with van der Waals surface area (Å²) < 4.78 is 18.1. The molecule has 0 bridgehead atoms. The lowest BCUT2D eigenvalue weighted by Gasteiger charge is -2.13. The second-order valence-corrected chi connectivity index (χ2v) is 6.63. The van der Waals surface area contributed by atoms with Crippen molar-refractivity contribution in [3.05, 3.63) is 38.8 Å². The highest BCUT2D eigenvalue weighted by molar-refractivity contribution is 7.71. The molecule has 0 aliphatic heterocycles. The van der Waals surface area contributed by atoms with E-state index in [1.165, 1.54) is 0 Å². The molecule has 3 aromatic rings. The molecule has 0 saturated heterocycles. The van der Waals surface area contributed by atoms with Gasteiger partial charge in [0.2, 0.25) is 10.5 Å². The number of thiophene rings is 1. The summed E-state index contributed by atoms with van der Waals surface area (Å²) in [4.78, 5) is 1.06. The van der Waals surface area contributed by atoms with Crippen LogP contribution in [-0.2, 0) is 0 Å². The Morgan fingerprint density at radius 2 is 1.88 bits per heavy atom. The molecule has 0 aliphatic carbocycles. The van der Waals surface area contributed by atoms with Gasteiger partial charge in [0.05, 0.1) is 32.4 Å². The Balaban J connectivity index is 2.10. The predicted molar refractivity (Wildman–Crippen MR) is 105 cm³/mol. The summed E-state index contributed by atoms with van der Waals surface area (Å²) in [5.74, 6) is 2.11. The number of ether oxygens (including phenoxy) is 3. The van der Waals surface area contributed by atoms with Crippen molar-refractivity contribution in [1.29, 1.82) is 0 Å². The van der Waals surface area contributed by atoms with E-state index < -0.39 is 0 Å². The van der Waals surface area contributed by atoms with Crippen molar-refractivity contribution in [1.82, 2.24) is 14.9 Å². The number of nitrogens with zero attached hydrogens (tertiary/aromatic N) is 3. The molecule has 0 spiro atoms. The van der Waals surface area contributed by atoms with E-state index in [9.17, 15) is 0 Å². The summed E-state index contributed by atoms with van der Waals surface area (Å²) in [6, 6.07) is 5.64. The number of hydrogen-bond donors (Lipinski definition) is 1. The Bertz CT molecular complexity index is 979. The van der Waals surface area contributed by atoms with Gasteiger partial charge in [0.1, 0.15) is 0 Å². The topological polar surface area (TPSA) is 73.7 Å². The van der Waals surface area contributed by atoms with Gasteiger partial charge < -0.3 is 14.2 Å². The third-order valence-electron chi connectivity index (χ3n) is 3.77. The SMILES string of the molecule is COc1cc(-c2n[nH]c(=S)n2/N=C/c2sccc2C)cc(OC)c1OC. The zero-order valence-electron chi connectivity index (χ0n) is 14.8. The maximum atomic E-state index is 5.41. The number of methoxy groups -OCH3 is 3. The van der Waals surface area contributed by atoms with Crippen molar-refractivity contribution in [2.45, 2.75) is 6.92 Å². The number of hydrogen-bond acceptors (Lipinski definition) is 7. The first-order chi connectivity index (χ1) is 12.6. The van der Waals surface area contributed by atoms with E-state index in [0.717, 1.165) is 16.0 Å². The maximum absolute atomic E-state index is 5.41. The Hall–Kier alpha value is -2.65. The average molecular weight is 390 g/mol. The fourth-order valence-corrected chi connectivity index (χ4v) is 3.38. The van der Waals surface area contributed by atoms with E-state index >= 15 is 0 Å². The van der Waals surface area contributed by atoms with Gasteiger partial charge in [0, 0.05) is 5.56 Å². The van der Waals surface area contributed by atoms with Crippen molar-refractivity contribution < 1.29 is 14.2 Å². The van der Waals surface area contributed by atoms with E-state index in [1.54, 1.807) is 55.7 Å². The van der Waals surface area contributed by atoms with E-state index in [4.69, 9.17) is 26.4 Å². The normalized spacial score (nSPS) is 11.1. The average Bonchev–Trinajstić information content (AvgIpc) is 3.23. The van der Waals surface area contributed by atoms with Gasteiger partial charge >= 0.3 is 0 Å². The molecular weight excluding hydrogens is 372 g/mol. The molecule has 0 fully saturated rings. The molecule has 0 saturated carbocycles. The minimum atomic E-state index is 0.388. The van der Waals surface area contributed by atoms with Crippen molar-refractivity contribution >= 4 is 29.8 Å². The van der Waals surface area contributed by atoms with Gasteiger partial charge in [-0.2, -0.15) is 14.9 Å². The molecule has 0 atom stereocenters. The number of aromatic amines is 1. The number of benzene rings is 1. The summed E-state index contributed by atoms with van der Waals surface area (Å²) in [6.07, 6.45) is 1.77. The van der Waals surface area contributed by atoms with Crippen molar-refractivity contribution in [3.63, 3.8) is 0 Å². The highest BCUT2D eigenvalue weighted by Gasteiger charge is 2.17. The Morgan fingerprint density at radius 3 is 2.42 bits per heavy atom. The molecule has 0 unspecified atom stereocenters. The van der Waals surface area contributed by atoms with Crippen LogP contribution in [0.15, 0.2) is 28.7 Å². The molecule has 3 rings (SSSR count). The molecule has 0 aliphatic rings. The number of nitrogens with one attached hydrogen (secondary N) is 1. The molecule has 2 aromatic heterocycles. The van der Waals surface area contributed by atoms with Crippen LogP contribution in [0, 0.1) is 11.7 Å². The summed E-state index contributed by atoms with van der Waals surface area (Å²) in [5, 5.41) is 13.6. The quantitative estimate of drug-likeness (QED) is 0.511. The van der Waals surface area contributed by atoms with E-state index in [1.807, 2.05) is 18.4 Å². The van der Waals surface area contributed by atoms with Gasteiger partial charge in [-0.15, -0.1) is 11.3 Å². The Labute approximate surface area is 159 Å². The molecule has 7 nitrogen and oxygen atoms in total. The molecule has 1 aromatic carbocycles. The van der Waals surface area contributed by atoms with Gasteiger partial charge in [0.25, 0.3) is 0 Å². The van der Waals surface area contributed by atoms with Gasteiger partial charge in [-0.3, -0.25) is 0 Å². The highest BCUT2D eigenvalue weighted by Crippen LogP contribution is 2.40. The fourth-order valence-electron chi connectivity index (χ4n) is 2.42. The third-order valence-corrected chi connectivity index (χ3v) is 4.98. The van der Waals surface area contributed by atoms with Crippen LogP contribution in [0.2, 0.25) is 0 Å². The van der Waals surface area contributed by atoms with Crippen LogP contribution in [0.1, 0.15) is 10.4 Å². The van der Waals surface area contributed by atoms with Crippen molar-refractivity contribution in [2.75, 3.05) is 21.3 Å². The lowest BCUT2D eigenvalue weighted by molar-refractivity contribution is 0.324. The Kier molecular flexibility index (Phi) is 5.38. The van der Waals surface area contributed by atoms with Crippen LogP contribution in [0.5, 0.6) is 17.2 Å². The van der Waals surface area contributed by atoms with Crippen LogP contribution in [0.3, 0.4) is 0 Å². The van der Waals surface area contributed by atoms with Crippen LogP contribution in [0.25, 0.3) is 11.4 Å². The molecular formula is C17H18N4O3S2. The molecule has 26 heavy (non-hydrogen) atoms. The third kappa shape index (κ3) is 3.35. The first kappa shape index (κ1) is 18.2. The standard InChI is InChI=1S/C17H18N4O3S2/c1-10-5-6-26-14(10)9-18-21-16(19-20-17(21)25)11-7-12(22-2)15(24-4)13(8-11)23-3/h5-9H,1-4H3,(H,20,25)/b18-9+. The van der Waals surface area contributed by atoms with E-state index in [0.29, 0.717) is 27.8 Å². The minimum absolute atomic E-state index is 0.388. The van der Waals surface area contributed by atoms with Gasteiger partial charge in [-0.05, 0) is 48.3 Å². The summed E-state index contributed by atoms with van der Waals surface area (Å²) in [7, 11) is 4.69. The zero-order chi connectivity index (χ0) is 18.7. The van der Waals surface area contributed by atoms with Crippen molar-refractivity contribution in [2.24, 2.45) is 5.10 Å². The fraction of sp³-hybridized carbons (Fsp3) is 0.235. The smallest absolute Gasteiger partial charge is 0.216 e. The summed E-state index contributed by atoms with van der Waals surface area (Å²) in [5.41, 5.74) is 1.88. The monoisotopic (exact) mass is 390 g/mol. The van der Waals surface area contributed by atoms with Gasteiger partial charge in [0.15, 0.2) is 17.3 Å².